The summed E-state index contributed by atoms with van der Waals surface area (Å²) in [5.74, 6) is 0.0322. The highest BCUT2D eigenvalue weighted by Crippen LogP contribution is 2.25. The third-order valence-corrected chi connectivity index (χ3v) is 3.93. The molecule has 1 N–H and O–H groups in total. The Labute approximate surface area is 138 Å². The Hall–Kier alpha value is -2.04. The molecule has 0 radical (unpaired) electrons. The van der Waals surface area contributed by atoms with E-state index in [1.165, 1.54) is 7.11 Å². The van der Waals surface area contributed by atoms with Crippen LogP contribution in [0.4, 0.5) is 0 Å². The second-order valence-electron chi connectivity index (χ2n) is 6.06. The Morgan fingerprint density at radius 2 is 1.87 bits per heavy atom. The average Bonchev–Trinajstić information content (AvgIpc) is 2.48. The summed E-state index contributed by atoms with van der Waals surface area (Å²) in [5.41, 5.74) is 1.90. The lowest BCUT2D eigenvalue weighted by Gasteiger charge is -2.27. The quantitative estimate of drug-likeness (QED) is 0.784. The highest BCUT2D eigenvalue weighted by molar-refractivity contribution is 5.89. The van der Waals surface area contributed by atoms with Crippen molar-refractivity contribution < 1.29 is 19.1 Å². The van der Waals surface area contributed by atoms with Gasteiger partial charge in [-0.1, -0.05) is 19.4 Å². The number of esters is 1. The summed E-state index contributed by atoms with van der Waals surface area (Å²) in [5, 5.41) is 2.82. The number of ether oxygens (including phenoxy) is 2. The summed E-state index contributed by atoms with van der Waals surface area (Å²) >= 11 is 0. The molecule has 0 bridgehead atoms. The van der Waals surface area contributed by atoms with Crippen LogP contribution in [0.15, 0.2) is 12.1 Å². The highest BCUT2D eigenvalue weighted by atomic mass is 16.5. The maximum Gasteiger partial charge on any atom is 0.331 e. The fourth-order valence-corrected chi connectivity index (χ4v) is 2.82. The third-order valence-electron chi connectivity index (χ3n) is 3.93. The molecular weight excluding hydrogens is 294 g/mol. The molecule has 1 aromatic rings. The molecule has 0 saturated carbocycles. The van der Waals surface area contributed by atoms with E-state index in [-0.39, 0.29) is 12.3 Å². The van der Waals surface area contributed by atoms with Crippen LogP contribution in [0.2, 0.25) is 0 Å². The molecule has 128 valence electrons. The van der Waals surface area contributed by atoms with E-state index >= 15 is 0 Å². The van der Waals surface area contributed by atoms with Gasteiger partial charge in [-0.3, -0.25) is 4.79 Å². The number of carbonyl (C=O) groups excluding carboxylic acids is 2. The van der Waals surface area contributed by atoms with Gasteiger partial charge in [0, 0.05) is 5.56 Å². The molecule has 0 aromatic heterocycles. The van der Waals surface area contributed by atoms with Crippen molar-refractivity contribution in [2.45, 2.75) is 52.5 Å². The van der Waals surface area contributed by atoms with E-state index in [0.29, 0.717) is 12.2 Å². The minimum absolute atomic E-state index is 0.158. The van der Waals surface area contributed by atoms with Gasteiger partial charge >= 0.3 is 5.97 Å². The van der Waals surface area contributed by atoms with Crippen LogP contribution in [-0.4, -0.2) is 31.6 Å². The molecule has 1 rings (SSSR count). The Bertz CT molecular complexity index is 583. The van der Waals surface area contributed by atoms with Crippen molar-refractivity contribution in [2.75, 3.05) is 14.2 Å². The lowest BCUT2D eigenvalue weighted by molar-refractivity contribution is -0.150. The van der Waals surface area contributed by atoms with Gasteiger partial charge in [-0.2, -0.15) is 0 Å². The fourth-order valence-electron chi connectivity index (χ4n) is 2.82. The standard InChI is InChI=1S/C18H27NO4/c1-7-8-18(4,17(21)23-6)19-16(20)11-14-13(3)9-12(2)10-15(14)22-5/h9-10H,7-8,11H2,1-6H3,(H,19,20). The number of carbonyl (C=O) groups is 2. The summed E-state index contributed by atoms with van der Waals surface area (Å²) < 4.78 is 10.2. The topological polar surface area (TPSA) is 64.6 Å². The van der Waals surface area contributed by atoms with Crippen LogP contribution in [0.25, 0.3) is 0 Å². The summed E-state index contributed by atoms with van der Waals surface area (Å²) in [6, 6.07) is 3.91. The van der Waals surface area contributed by atoms with Crippen molar-refractivity contribution >= 4 is 11.9 Å². The number of benzene rings is 1. The number of nitrogens with one attached hydrogen (secondary N) is 1. The molecule has 1 atom stereocenters. The minimum atomic E-state index is -1.01. The van der Waals surface area contributed by atoms with Gasteiger partial charge in [0.25, 0.3) is 0 Å². The van der Waals surface area contributed by atoms with Gasteiger partial charge in [0.15, 0.2) is 0 Å². The van der Waals surface area contributed by atoms with Crippen molar-refractivity contribution in [3.05, 3.63) is 28.8 Å². The highest BCUT2D eigenvalue weighted by Gasteiger charge is 2.35. The smallest absolute Gasteiger partial charge is 0.331 e. The molecule has 0 spiro atoms. The third kappa shape index (κ3) is 4.71. The monoisotopic (exact) mass is 321 g/mol. The van der Waals surface area contributed by atoms with E-state index in [4.69, 9.17) is 9.47 Å². The lowest BCUT2D eigenvalue weighted by Crippen LogP contribution is -2.53. The molecule has 1 aromatic carbocycles. The maximum atomic E-state index is 12.5. The first-order valence-corrected chi connectivity index (χ1v) is 7.81. The lowest BCUT2D eigenvalue weighted by atomic mass is 9.95. The molecular formula is C18H27NO4. The number of hydrogen-bond acceptors (Lipinski definition) is 4. The van der Waals surface area contributed by atoms with E-state index < -0.39 is 11.5 Å². The van der Waals surface area contributed by atoms with Crippen molar-refractivity contribution in [3.8, 4) is 5.75 Å². The minimum Gasteiger partial charge on any atom is -0.496 e. The first kappa shape index (κ1) is 19.0. The zero-order valence-corrected chi connectivity index (χ0v) is 14.9. The Morgan fingerprint density at radius 1 is 1.22 bits per heavy atom. The summed E-state index contributed by atoms with van der Waals surface area (Å²) in [6.07, 6.45) is 1.44. The van der Waals surface area contributed by atoms with Gasteiger partial charge in [0.1, 0.15) is 11.3 Å². The molecule has 5 nitrogen and oxygen atoms in total. The molecule has 1 unspecified atom stereocenters. The van der Waals surface area contributed by atoms with Crippen molar-refractivity contribution in [2.24, 2.45) is 0 Å². The van der Waals surface area contributed by atoms with Gasteiger partial charge in [-0.05, 0) is 44.4 Å². The predicted molar refractivity (Wildman–Crippen MR) is 89.6 cm³/mol. The normalized spacial score (nSPS) is 13.1. The predicted octanol–water partition coefficient (Wildman–Crippen LogP) is 2.70. The molecule has 5 heteroatoms. The molecule has 0 fully saturated rings. The second-order valence-corrected chi connectivity index (χ2v) is 6.06. The van der Waals surface area contributed by atoms with Gasteiger partial charge in [0.05, 0.1) is 20.6 Å². The van der Waals surface area contributed by atoms with E-state index in [1.807, 2.05) is 32.9 Å². The largest absolute Gasteiger partial charge is 0.496 e. The van der Waals surface area contributed by atoms with Crippen molar-refractivity contribution in [1.29, 1.82) is 0 Å². The summed E-state index contributed by atoms with van der Waals surface area (Å²) in [4.78, 5) is 24.4. The molecule has 0 aliphatic heterocycles. The average molecular weight is 321 g/mol. The second kappa shape index (κ2) is 7.99. The molecule has 0 aliphatic carbocycles. The van der Waals surface area contributed by atoms with Crippen LogP contribution in [0.5, 0.6) is 5.75 Å². The number of rotatable bonds is 7. The van der Waals surface area contributed by atoms with Gasteiger partial charge < -0.3 is 14.8 Å². The first-order valence-electron chi connectivity index (χ1n) is 7.81. The summed E-state index contributed by atoms with van der Waals surface area (Å²) in [6.45, 7) is 7.58. The summed E-state index contributed by atoms with van der Waals surface area (Å²) in [7, 11) is 2.92. The number of amides is 1. The zero-order chi connectivity index (χ0) is 17.6. The van der Waals surface area contributed by atoms with E-state index in [2.05, 4.69) is 5.32 Å². The Morgan fingerprint density at radius 3 is 2.39 bits per heavy atom. The van der Waals surface area contributed by atoms with E-state index in [9.17, 15) is 9.59 Å². The molecule has 0 aliphatic rings. The van der Waals surface area contributed by atoms with Crippen LogP contribution in [0.3, 0.4) is 0 Å². The van der Waals surface area contributed by atoms with Crippen LogP contribution >= 0.6 is 0 Å². The van der Waals surface area contributed by atoms with Crippen LogP contribution < -0.4 is 10.1 Å². The Balaban J connectivity index is 2.98. The Kier molecular flexibility index (Phi) is 6.61. The van der Waals surface area contributed by atoms with Gasteiger partial charge in [-0.15, -0.1) is 0 Å². The van der Waals surface area contributed by atoms with Crippen LogP contribution in [0, 0.1) is 13.8 Å². The van der Waals surface area contributed by atoms with Crippen molar-refractivity contribution in [3.63, 3.8) is 0 Å². The van der Waals surface area contributed by atoms with Gasteiger partial charge in [-0.25, -0.2) is 4.79 Å². The van der Waals surface area contributed by atoms with E-state index in [1.54, 1.807) is 14.0 Å². The van der Waals surface area contributed by atoms with Crippen LogP contribution in [-0.2, 0) is 20.7 Å². The number of hydrogen-bond donors (Lipinski definition) is 1. The number of methoxy groups -OCH3 is 2. The molecule has 1 amide bonds. The molecule has 0 saturated heterocycles. The SMILES string of the molecule is CCCC(C)(NC(=O)Cc1c(C)cc(C)cc1OC)C(=O)OC. The van der Waals surface area contributed by atoms with Gasteiger partial charge in [0.2, 0.25) is 5.91 Å². The van der Waals surface area contributed by atoms with Crippen LogP contribution in [0.1, 0.15) is 43.4 Å². The fraction of sp³-hybridized carbons (Fsp3) is 0.556. The molecule has 0 heterocycles. The molecule has 23 heavy (non-hydrogen) atoms. The number of aryl methyl sites for hydroxylation is 2. The zero-order valence-electron chi connectivity index (χ0n) is 14.9. The van der Waals surface area contributed by atoms with E-state index in [0.717, 1.165) is 23.1 Å². The van der Waals surface area contributed by atoms with Crippen molar-refractivity contribution in [1.82, 2.24) is 5.32 Å². The first-order chi connectivity index (χ1) is 10.8. The maximum absolute atomic E-state index is 12.5.